The highest BCUT2D eigenvalue weighted by atomic mass is 19.1. The molecule has 0 saturated heterocycles. The lowest BCUT2D eigenvalue weighted by Gasteiger charge is -2.29. The van der Waals surface area contributed by atoms with Crippen molar-refractivity contribution in [3.63, 3.8) is 0 Å². The summed E-state index contributed by atoms with van der Waals surface area (Å²) < 4.78 is 25.5. The lowest BCUT2D eigenvalue weighted by atomic mass is 9.99. The van der Waals surface area contributed by atoms with E-state index in [2.05, 4.69) is 0 Å². The molecule has 4 nitrogen and oxygen atoms in total. The number of amides is 1. The third kappa shape index (κ3) is 5.35. The molecule has 0 aromatic heterocycles. The molecule has 1 heterocycles. The number of nitrogens with zero attached hydrogens (tertiary/aromatic N) is 1. The molecular weight excluding hydrogens is 357 g/mol. The van der Waals surface area contributed by atoms with Gasteiger partial charge < -0.3 is 14.4 Å². The zero-order valence-corrected chi connectivity index (χ0v) is 16.6. The first kappa shape index (κ1) is 19.9. The van der Waals surface area contributed by atoms with Crippen LogP contribution in [0.2, 0.25) is 0 Å². The van der Waals surface area contributed by atoms with Crippen molar-refractivity contribution in [2.45, 2.75) is 39.4 Å². The first-order valence-corrected chi connectivity index (χ1v) is 9.45. The van der Waals surface area contributed by atoms with Crippen LogP contribution in [0.15, 0.2) is 54.6 Å². The van der Waals surface area contributed by atoms with Gasteiger partial charge in [-0.1, -0.05) is 42.5 Å². The van der Waals surface area contributed by atoms with Gasteiger partial charge in [0.05, 0.1) is 0 Å². The number of hydrogen-bond donors (Lipinski definition) is 0. The topological polar surface area (TPSA) is 38.8 Å². The van der Waals surface area contributed by atoms with Crippen LogP contribution in [0.3, 0.4) is 0 Å². The predicted octanol–water partition coefficient (Wildman–Crippen LogP) is 5.43. The SMILES string of the molecule is CC(C)(C)OC(=O)N1CC=C(c2ccc(OCc3ccccc3)c(F)c2)CC1. The van der Waals surface area contributed by atoms with Gasteiger partial charge in [-0.25, -0.2) is 9.18 Å². The number of carbonyl (C=O) groups excluding carboxylic acids is 1. The highest BCUT2D eigenvalue weighted by Crippen LogP contribution is 2.27. The van der Waals surface area contributed by atoms with Gasteiger partial charge in [0, 0.05) is 13.1 Å². The number of rotatable bonds is 4. The van der Waals surface area contributed by atoms with Gasteiger partial charge in [-0.05, 0) is 56.0 Å². The largest absolute Gasteiger partial charge is 0.486 e. The monoisotopic (exact) mass is 383 g/mol. The smallest absolute Gasteiger partial charge is 0.410 e. The lowest BCUT2D eigenvalue weighted by Crippen LogP contribution is -2.39. The van der Waals surface area contributed by atoms with E-state index < -0.39 is 5.60 Å². The van der Waals surface area contributed by atoms with E-state index in [9.17, 15) is 9.18 Å². The standard InChI is InChI=1S/C23H26FNO3/c1-23(2,3)28-22(26)25-13-11-18(12-14-25)19-9-10-21(20(24)15-19)27-16-17-7-5-4-6-8-17/h4-11,15H,12-14,16H2,1-3H3. The molecule has 148 valence electrons. The van der Waals surface area contributed by atoms with Crippen molar-refractivity contribution >= 4 is 11.7 Å². The van der Waals surface area contributed by atoms with Gasteiger partial charge in [0.25, 0.3) is 0 Å². The third-order valence-electron chi connectivity index (χ3n) is 4.40. The molecule has 0 radical (unpaired) electrons. The quantitative estimate of drug-likeness (QED) is 0.707. The molecule has 0 atom stereocenters. The van der Waals surface area contributed by atoms with E-state index in [-0.39, 0.29) is 17.7 Å². The van der Waals surface area contributed by atoms with E-state index in [0.717, 1.165) is 16.7 Å². The zero-order valence-electron chi connectivity index (χ0n) is 16.6. The second kappa shape index (κ2) is 8.46. The van der Waals surface area contributed by atoms with E-state index in [1.807, 2.05) is 63.2 Å². The normalized spacial score (nSPS) is 14.4. The fourth-order valence-corrected chi connectivity index (χ4v) is 2.98. The highest BCUT2D eigenvalue weighted by molar-refractivity contribution is 5.73. The van der Waals surface area contributed by atoms with Gasteiger partial charge in [0.1, 0.15) is 12.2 Å². The molecule has 2 aromatic rings. The van der Waals surface area contributed by atoms with Crippen LogP contribution >= 0.6 is 0 Å². The molecule has 1 aliphatic rings. The van der Waals surface area contributed by atoms with Crippen molar-refractivity contribution < 1.29 is 18.7 Å². The summed E-state index contributed by atoms with van der Waals surface area (Å²) in [6, 6.07) is 14.7. The number of benzene rings is 2. The molecule has 0 unspecified atom stereocenters. The van der Waals surface area contributed by atoms with E-state index >= 15 is 0 Å². The van der Waals surface area contributed by atoms with Crippen molar-refractivity contribution in [2.75, 3.05) is 13.1 Å². The highest BCUT2D eigenvalue weighted by Gasteiger charge is 2.24. The maximum absolute atomic E-state index is 14.5. The van der Waals surface area contributed by atoms with Gasteiger partial charge in [-0.2, -0.15) is 0 Å². The Morgan fingerprint density at radius 2 is 1.89 bits per heavy atom. The molecule has 0 fully saturated rings. The van der Waals surface area contributed by atoms with Crippen molar-refractivity contribution in [1.29, 1.82) is 0 Å². The van der Waals surface area contributed by atoms with Crippen molar-refractivity contribution in [3.8, 4) is 5.75 Å². The van der Waals surface area contributed by atoms with Gasteiger partial charge >= 0.3 is 6.09 Å². The molecule has 0 aliphatic carbocycles. The van der Waals surface area contributed by atoms with Crippen molar-refractivity contribution in [2.24, 2.45) is 0 Å². The average Bonchev–Trinajstić information content (AvgIpc) is 2.66. The number of halogens is 1. The van der Waals surface area contributed by atoms with Crippen LogP contribution in [0, 0.1) is 5.82 Å². The molecule has 0 spiro atoms. The molecule has 28 heavy (non-hydrogen) atoms. The van der Waals surface area contributed by atoms with Crippen LogP contribution in [0.25, 0.3) is 5.57 Å². The maximum Gasteiger partial charge on any atom is 0.410 e. The Hall–Kier alpha value is -2.82. The average molecular weight is 383 g/mol. The van der Waals surface area contributed by atoms with Gasteiger partial charge in [0.15, 0.2) is 11.6 Å². The van der Waals surface area contributed by atoms with E-state index in [1.54, 1.807) is 11.0 Å². The first-order chi connectivity index (χ1) is 13.3. The second-order valence-electron chi connectivity index (χ2n) is 7.83. The van der Waals surface area contributed by atoms with Crippen LogP contribution in [-0.2, 0) is 11.3 Å². The molecule has 5 heteroatoms. The summed E-state index contributed by atoms with van der Waals surface area (Å²) >= 11 is 0. The molecule has 3 rings (SSSR count). The summed E-state index contributed by atoms with van der Waals surface area (Å²) in [7, 11) is 0. The molecular formula is C23H26FNO3. The Kier molecular flexibility index (Phi) is 6.02. The number of hydrogen-bond acceptors (Lipinski definition) is 3. The van der Waals surface area contributed by atoms with E-state index in [0.29, 0.717) is 26.1 Å². The number of carbonyl (C=O) groups is 1. The molecule has 0 saturated carbocycles. The van der Waals surface area contributed by atoms with Gasteiger partial charge in [0.2, 0.25) is 0 Å². The fourth-order valence-electron chi connectivity index (χ4n) is 2.98. The predicted molar refractivity (Wildman–Crippen MR) is 108 cm³/mol. The van der Waals surface area contributed by atoms with Crippen LogP contribution < -0.4 is 4.74 Å². The molecule has 1 amide bonds. The van der Waals surface area contributed by atoms with Crippen LogP contribution in [0.4, 0.5) is 9.18 Å². The summed E-state index contributed by atoms with van der Waals surface area (Å²) in [5, 5.41) is 0. The molecule has 2 aromatic carbocycles. The zero-order chi connectivity index (χ0) is 20.1. The summed E-state index contributed by atoms with van der Waals surface area (Å²) in [6.45, 7) is 6.87. The molecule has 1 aliphatic heterocycles. The van der Waals surface area contributed by atoms with Crippen molar-refractivity contribution in [3.05, 3.63) is 71.6 Å². The summed E-state index contributed by atoms with van der Waals surface area (Å²) in [5.74, 6) is -0.150. The minimum absolute atomic E-state index is 0.236. The Bertz CT molecular complexity index is 856. The lowest BCUT2D eigenvalue weighted by molar-refractivity contribution is 0.0270. The second-order valence-corrected chi connectivity index (χ2v) is 7.83. The van der Waals surface area contributed by atoms with Gasteiger partial charge in [-0.3, -0.25) is 0 Å². The minimum Gasteiger partial charge on any atom is -0.486 e. The Morgan fingerprint density at radius 3 is 2.50 bits per heavy atom. The van der Waals surface area contributed by atoms with Crippen LogP contribution in [0.1, 0.15) is 38.3 Å². The summed E-state index contributed by atoms with van der Waals surface area (Å²) in [6.07, 6.45) is 2.29. The maximum atomic E-state index is 14.5. The molecule has 0 N–H and O–H groups in total. The van der Waals surface area contributed by atoms with E-state index in [1.165, 1.54) is 6.07 Å². The summed E-state index contributed by atoms with van der Waals surface area (Å²) in [5.41, 5.74) is 2.31. The fraction of sp³-hybridized carbons (Fsp3) is 0.348. The van der Waals surface area contributed by atoms with Crippen LogP contribution in [-0.4, -0.2) is 29.7 Å². The van der Waals surface area contributed by atoms with Crippen LogP contribution in [0.5, 0.6) is 5.75 Å². The van der Waals surface area contributed by atoms with Gasteiger partial charge in [-0.15, -0.1) is 0 Å². The first-order valence-electron chi connectivity index (χ1n) is 9.45. The summed E-state index contributed by atoms with van der Waals surface area (Å²) in [4.78, 5) is 13.8. The van der Waals surface area contributed by atoms with E-state index in [4.69, 9.17) is 9.47 Å². The van der Waals surface area contributed by atoms with Crippen molar-refractivity contribution in [1.82, 2.24) is 4.90 Å². The number of ether oxygens (including phenoxy) is 2. The Morgan fingerprint density at radius 1 is 1.14 bits per heavy atom. The third-order valence-corrected chi connectivity index (χ3v) is 4.40. The molecule has 0 bridgehead atoms. The Balaban J connectivity index is 1.62. The Labute approximate surface area is 165 Å². The minimum atomic E-state index is -0.514.